The molecule has 0 saturated carbocycles. The Bertz CT molecular complexity index is 986. The van der Waals surface area contributed by atoms with E-state index in [1.54, 1.807) is 18.2 Å². The average molecular weight is 394 g/mol. The summed E-state index contributed by atoms with van der Waals surface area (Å²) in [7, 11) is 0. The van der Waals surface area contributed by atoms with E-state index in [4.69, 9.17) is 21.1 Å². The smallest absolute Gasteiger partial charge is 0.338 e. The molecule has 0 atom stereocenters. The SMILES string of the molecule is CCOCCc1nn2c(=O)cc(COC(=O)c3cccc(Cl)c3)nc2s1. The highest BCUT2D eigenvalue weighted by molar-refractivity contribution is 7.16. The molecule has 136 valence electrons. The van der Waals surface area contributed by atoms with Gasteiger partial charge < -0.3 is 9.47 Å². The molecular weight excluding hydrogens is 378 g/mol. The van der Waals surface area contributed by atoms with Gasteiger partial charge in [0.2, 0.25) is 4.96 Å². The van der Waals surface area contributed by atoms with E-state index >= 15 is 0 Å². The molecular formula is C17H16ClN3O4S. The van der Waals surface area contributed by atoms with Crippen molar-refractivity contribution in [2.75, 3.05) is 13.2 Å². The van der Waals surface area contributed by atoms with Gasteiger partial charge >= 0.3 is 5.97 Å². The monoisotopic (exact) mass is 393 g/mol. The maximum Gasteiger partial charge on any atom is 0.338 e. The lowest BCUT2D eigenvalue weighted by atomic mass is 10.2. The molecule has 7 nitrogen and oxygen atoms in total. The van der Waals surface area contributed by atoms with Crippen LogP contribution in [0.15, 0.2) is 35.1 Å². The van der Waals surface area contributed by atoms with E-state index in [0.29, 0.717) is 40.9 Å². The molecule has 2 heterocycles. The van der Waals surface area contributed by atoms with Gasteiger partial charge in [-0.15, -0.1) is 0 Å². The number of nitrogens with zero attached hydrogens (tertiary/aromatic N) is 3. The summed E-state index contributed by atoms with van der Waals surface area (Å²) < 4.78 is 11.8. The Labute approximate surface area is 158 Å². The third-order valence-electron chi connectivity index (χ3n) is 3.42. The highest BCUT2D eigenvalue weighted by atomic mass is 35.5. The summed E-state index contributed by atoms with van der Waals surface area (Å²) in [5.41, 5.74) is 0.388. The van der Waals surface area contributed by atoms with Crippen molar-refractivity contribution >= 4 is 33.9 Å². The van der Waals surface area contributed by atoms with Gasteiger partial charge in [-0.25, -0.2) is 9.78 Å². The lowest BCUT2D eigenvalue weighted by Crippen LogP contribution is -2.16. The fourth-order valence-corrected chi connectivity index (χ4v) is 3.30. The quantitative estimate of drug-likeness (QED) is 0.453. The van der Waals surface area contributed by atoms with E-state index in [0.717, 1.165) is 5.01 Å². The van der Waals surface area contributed by atoms with E-state index in [1.807, 2.05) is 6.92 Å². The predicted octanol–water partition coefficient (Wildman–Crippen LogP) is 2.74. The molecule has 1 aromatic carbocycles. The number of ether oxygens (including phenoxy) is 2. The zero-order valence-corrected chi connectivity index (χ0v) is 15.5. The highest BCUT2D eigenvalue weighted by Gasteiger charge is 2.12. The molecule has 0 aliphatic carbocycles. The fraction of sp³-hybridized carbons (Fsp3) is 0.294. The van der Waals surface area contributed by atoms with Gasteiger partial charge in [0.15, 0.2) is 0 Å². The molecule has 0 radical (unpaired) electrons. The Morgan fingerprint density at radius 2 is 2.19 bits per heavy atom. The molecule has 0 aliphatic heterocycles. The number of rotatable bonds is 7. The zero-order chi connectivity index (χ0) is 18.5. The number of fused-ring (bicyclic) bond motifs is 1. The predicted molar refractivity (Wildman–Crippen MR) is 97.9 cm³/mol. The molecule has 0 N–H and O–H groups in total. The van der Waals surface area contributed by atoms with Crippen molar-refractivity contribution < 1.29 is 14.3 Å². The van der Waals surface area contributed by atoms with Gasteiger partial charge in [-0.1, -0.05) is 29.0 Å². The average Bonchev–Trinajstić information content (AvgIpc) is 3.03. The topological polar surface area (TPSA) is 82.8 Å². The second kappa shape index (κ2) is 8.39. The van der Waals surface area contributed by atoms with Crippen LogP contribution in [0.3, 0.4) is 0 Å². The third-order valence-corrected chi connectivity index (χ3v) is 4.62. The first-order chi connectivity index (χ1) is 12.6. The Balaban J connectivity index is 1.72. The first-order valence-electron chi connectivity index (χ1n) is 7.96. The molecule has 0 aliphatic rings. The second-order valence-corrected chi connectivity index (χ2v) is 6.79. The standard InChI is InChI=1S/C17H16ClN3O4S/c1-2-24-7-6-14-20-21-15(22)9-13(19-17(21)26-14)10-25-16(23)11-4-3-5-12(18)8-11/h3-5,8-9H,2,6-7,10H2,1H3. The van der Waals surface area contributed by atoms with Crippen LogP contribution < -0.4 is 5.56 Å². The molecule has 0 fully saturated rings. The molecule has 2 aromatic heterocycles. The lowest BCUT2D eigenvalue weighted by molar-refractivity contribution is 0.0467. The molecule has 3 rings (SSSR count). The summed E-state index contributed by atoms with van der Waals surface area (Å²) >= 11 is 7.17. The number of carbonyl (C=O) groups excluding carboxylic acids is 1. The number of benzene rings is 1. The van der Waals surface area contributed by atoms with Crippen molar-refractivity contribution in [1.82, 2.24) is 14.6 Å². The number of hydrogen-bond donors (Lipinski definition) is 0. The highest BCUT2D eigenvalue weighted by Crippen LogP contribution is 2.14. The molecule has 0 saturated heterocycles. The summed E-state index contributed by atoms with van der Waals surface area (Å²) in [6.45, 7) is 2.98. The Kier molecular flexibility index (Phi) is 5.97. The summed E-state index contributed by atoms with van der Waals surface area (Å²) in [6.07, 6.45) is 0.612. The number of aromatic nitrogens is 3. The first-order valence-corrected chi connectivity index (χ1v) is 9.15. The van der Waals surface area contributed by atoms with Crippen LogP contribution in [0.5, 0.6) is 0 Å². The van der Waals surface area contributed by atoms with Crippen LogP contribution in [0.25, 0.3) is 4.96 Å². The van der Waals surface area contributed by atoms with Crippen molar-refractivity contribution in [2.45, 2.75) is 20.0 Å². The maximum absolute atomic E-state index is 12.2. The minimum absolute atomic E-state index is 0.108. The van der Waals surface area contributed by atoms with Gasteiger partial charge in [0, 0.05) is 24.1 Å². The van der Waals surface area contributed by atoms with Crippen molar-refractivity contribution in [3.05, 3.63) is 62.0 Å². The summed E-state index contributed by atoms with van der Waals surface area (Å²) in [6, 6.07) is 7.76. The molecule has 0 unspecified atom stereocenters. The second-order valence-electron chi connectivity index (χ2n) is 5.31. The van der Waals surface area contributed by atoms with Gasteiger partial charge in [0.05, 0.1) is 17.9 Å². The van der Waals surface area contributed by atoms with E-state index in [2.05, 4.69) is 10.1 Å². The van der Waals surface area contributed by atoms with Crippen LogP contribution in [0, 0.1) is 0 Å². The minimum atomic E-state index is -0.531. The summed E-state index contributed by atoms with van der Waals surface area (Å²) in [5, 5.41) is 5.44. The number of carbonyl (C=O) groups is 1. The lowest BCUT2D eigenvalue weighted by Gasteiger charge is -2.04. The molecule has 0 amide bonds. The molecule has 26 heavy (non-hydrogen) atoms. The normalized spacial score (nSPS) is 11.0. The number of esters is 1. The van der Waals surface area contributed by atoms with Crippen molar-refractivity contribution in [3.8, 4) is 0 Å². The van der Waals surface area contributed by atoms with E-state index in [9.17, 15) is 9.59 Å². The van der Waals surface area contributed by atoms with Crippen LogP contribution >= 0.6 is 22.9 Å². The van der Waals surface area contributed by atoms with Crippen molar-refractivity contribution in [1.29, 1.82) is 0 Å². The first kappa shape index (κ1) is 18.5. The Hall–Kier alpha value is -2.29. The van der Waals surface area contributed by atoms with E-state index < -0.39 is 5.97 Å². The number of halogens is 1. The number of hydrogen-bond acceptors (Lipinski definition) is 7. The molecule has 9 heteroatoms. The van der Waals surface area contributed by atoms with Crippen molar-refractivity contribution in [2.24, 2.45) is 0 Å². The van der Waals surface area contributed by atoms with Gasteiger partial charge in [-0.2, -0.15) is 9.61 Å². The molecule has 0 bridgehead atoms. The van der Waals surface area contributed by atoms with Gasteiger partial charge in [0.1, 0.15) is 11.6 Å². The van der Waals surface area contributed by atoms with Crippen molar-refractivity contribution in [3.63, 3.8) is 0 Å². The van der Waals surface area contributed by atoms with Crippen LogP contribution in [-0.2, 0) is 22.5 Å². The van der Waals surface area contributed by atoms with Crippen LogP contribution in [0.1, 0.15) is 28.0 Å². The minimum Gasteiger partial charge on any atom is -0.456 e. The molecule has 0 spiro atoms. The fourth-order valence-electron chi connectivity index (χ4n) is 2.21. The van der Waals surface area contributed by atoms with Crippen LogP contribution in [-0.4, -0.2) is 33.8 Å². The summed E-state index contributed by atoms with van der Waals surface area (Å²) in [4.78, 5) is 29.0. The van der Waals surface area contributed by atoms with Gasteiger partial charge in [-0.3, -0.25) is 4.79 Å². The van der Waals surface area contributed by atoms with Gasteiger partial charge in [-0.05, 0) is 25.1 Å². The Morgan fingerprint density at radius 3 is 2.96 bits per heavy atom. The van der Waals surface area contributed by atoms with E-state index in [1.165, 1.54) is 28.0 Å². The maximum atomic E-state index is 12.2. The molecule has 3 aromatic rings. The van der Waals surface area contributed by atoms with Crippen LogP contribution in [0.4, 0.5) is 0 Å². The van der Waals surface area contributed by atoms with E-state index in [-0.39, 0.29) is 12.2 Å². The van der Waals surface area contributed by atoms with Gasteiger partial charge in [0.25, 0.3) is 5.56 Å². The Morgan fingerprint density at radius 1 is 1.35 bits per heavy atom. The largest absolute Gasteiger partial charge is 0.456 e. The zero-order valence-electron chi connectivity index (χ0n) is 14.0. The van der Waals surface area contributed by atoms with Crippen LogP contribution in [0.2, 0.25) is 5.02 Å². The third kappa shape index (κ3) is 4.46. The summed E-state index contributed by atoms with van der Waals surface area (Å²) in [5.74, 6) is -0.531.